The van der Waals surface area contributed by atoms with Crippen LogP contribution >= 0.6 is 34.2 Å². The SMILES string of the molecule is C[C@H]1CCCCN1[C@@H](C)c1ccc(-c2ccccc2)cc1.C[C@H]1CCCCN1[C@@H](C)c1ccc(CON)cc1.C[C@H]1CCCCN1[C@@H](C)c1ccc(I)cc1.C[C@H]1CCCCN1[C@@H](C)c1ccccc1.C[C@H]1CNCCN1[C@@H](C)c1ccc(Cl)cc1.Cc1ccc([C@H](C)N2CCNC[C@@H]2C)cc1.[C-]#[N+]c1ccc([C@H](C)N2CCCC[C@@H]2C)cc1. The van der Waals surface area contributed by atoms with Crippen molar-refractivity contribution in [3.63, 3.8) is 0 Å². The first kappa shape index (κ1) is 96.6. The third kappa shape index (κ3) is 30.1. The molecule has 8 aromatic carbocycles. The van der Waals surface area contributed by atoms with Crippen LogP contribution in [-0.4, -0.2) is 149 Å². The van der Waals surface area contributed by atoms with E-state index >= 15 is 0 Å². The number of benzene rings is 8. The van der Waals surface area contributed by atoms with E-state index in [1.165, 1.54) is 188 Å². The maximum Gasteiger partial charge on any atom is 0.187 e. The Kier molecular flexibility index (Phi) is 41.6. The quantitative estimate of drug-likeness (QED) is 0.0463. The molecule has 0 unspecified atom stereocenters. The van der Waals surface area contributed by atoms with Gasteiger partial charge in [0.15, 0.2) is 5.69 Å². The number of halogens is 2. The Labute approximate surface area is 741 Å². The summed E-state index contributed by atoms with van der Waals surface area (Å²) in [5, 5.41) is 7.66. The maximum absolute atomic E-state index is 6.96. The predicted octanol–water partition coefficient (Wildman–Crippen LogP) is 25.4. The maximum atomic E-state index is 6.96. The summed E-state index contributed by atoms with van der Waals surface area (Å²) in [4.78, 5) is 26.3. The molecule has 15 rings (SSSR count). The van der Waals surface area contributed by atoms with E-state index in [0.717, 1.165) is 67.6 Å². The van der Waals surface area contributed by atoms with Crippen LogP contribution in [0.1, 0.15) is 286 Å². The molecule has 14 atom stereocenters. The number of rotatable bonds is 17. The summed E-state index contributed by atoms with van der Waals surface area (Å²) >= 11 is 8.27. The number of piperazine rings is 2. The van der Waals surface area contributed by atoms with Crippen LogP contribution in [0.4, 0.5) is 5.69 Å². The van der Waals surface area contributed by atoms with E-state index in [0.29, 0.717) is 79.1 Å². The Hall–Kier alpha value is -6.17. The minimum atomic E-state index is 0.463. The molecule has 0 aliphatic carbocycles. The molecule has 0 radical (unpaired) electrons. The van der Waals surface area contributed by atoms with Crippen molar-refractivity contribution in [3.05, 3.63) is 276 Å². The van der Waals surface area contributed by atoms with Crippen molar-refractivity contribution in [2.75, 3.05) is 72.0 Å². The number of nitrogens with zero attached hydrogens (tertiary/aromatic N) is 8. The lowest BCUT2D eigenvalue weighted by molar-refractivity contribution is 0.114. The van der Waals surface area contributed by atoms with E-state index in [-0.39, 0.29) is 0 Å². The van der Waals surface area contributed by atoms with Gasteiger partial charge in [0, 0.05) is 132 Å². The summed E-state index contributed by atoms with van der Waals surface area (Å²) in [7, 11) is 0. The van der Waals surface area contributed by atoms with E-state index in [1.807, 2.05) is 24.3 Å². The Morgan fingerprint density at radius 3 is 0.958 bits per heavy atom. The van der Waals surface area contributed by atoms with E-state index in [2.05, 4.69) is 363 Å². The lowest BCUT2D eigenvalue weighted by Gasteiger charge is -2.38. The fourth-order valence-electron chi connectivity index (χ4n) is 19.1. The second kappa shape index (κ2) is 51.2. The van der Waals surface area contributed by atoms with Crippen molar-refractivity contribution in [3.8, 4) is 11.1 Å². The van der Waals surface area contributed by atoms with Gasteiger partial charge in [0.1, 0.15) is 0 Å². The summed E-state index contributed by atoms with van der Waals surface area (Å²) in [5.41, 5.74) is 15.6. The number of hydrogen-bond donors (Lipinski definition) is 3. The minimum absolute atomic E-state index is 0.463. The van der Waals surface area contributed by atoms with Crippen LogP contribution in [0.3, 0.4) is 0 Å². The molecule has 0 bridgehead atoms. The molecule has 7 fully saturated rings. The number of hydrogen-bond acceptors (Lipinski definition) is 11. The molecule has 0 saturated carbocycles. The largest absolute Gasteiger partial charge is 0.314 e. The molecule has 646 valence electrons. The normalized spacial score (nSPS) is 23.5. The standard InChI is InChI=1S/C20H25N.C15H24N2O.C15H20N2.C14H20IN.C14H22N2.C14H21N.C13H19ClN2/c1-16-8-6-7-15-21(16)17(2)18-11-13-20(14-12-18)19-9-4-3-5-10-19;1-12-5-3-4-10-17(12)13(2)15-8-6-14(7-9-15)11-18-16;1-12-6-4-5-11-17(12)13(2)14-7-9-15(16-3)10-8-14;1-11-5-3-4-10-16(11)12(2)13-6-8-14(15)9-7-13;1-11-4-6-14(7-5-11)13(3)16-9-8-15-10-12(16)2;1-12-8-6-7-11-15(12)13(2)14-9-4-3-5-10-14;1-10-9-15-7-8-16(10)11(2)12-3-5-13(14)6-4-12/h3-5,9-14,16-17H,6-8,15H2,1-2H3;6-9,12-13H,3-5,10-11,16H2,1-2H3;7-10,12-13H,4-6,11H2,1-2H3;6-9,11-12H,3-5,10H2,1-2H3;4-7,12-13,15H,8-10H2,1-3H3;3-5,9-10,12-13H,6-8,11H2,1-2H3;3-6,10-11,15H,7-9H2,1-2H3/t16-,17-;2*12-,13-;11-,12-;2*12-,13-;10-,11-/m0000000/s1. The van der Waals surface area contributed by atoms with Crippen molar-refractivity contribution in [2.45, 2.75) is 291 Å². The Balaban J connectivity index is 0.000000159. The number of nitrogens with one attached hydrogen (secondary N) is 2. The second-order valence-electron chi connectivity index (χ2n) is 35.4. The van der Waals surface area contributed by atoms with Gasteiger partial charge in [-0.05, 0) is 303 Å². The van der Waals surface area contributed by atoms with Crippen LogP contribution in [0.2, 0.25) is 5.02 Å². The molecule has 119 heavy (non-hydrogen) atoms. The molecule has 8 aromatic rings. The van der Waals surface area contributed by atoms with Crippen molar-refractivity contribution >= 4 is 39.9 Å². The lowest BCUT2D eigenvalue weighted by atomic mass is 9.96. The van der Waals surface area contributed by atoms with Crippen LogP contribution in [-0.2, 0) is 11.4 Å². The first-order valence-corrected chi connectivity index (χ1v) is 47.4. The fourth-order valence-corrected chi connectivity index (χ4v) is 19.6. The van der Waals surface area contributed by atoms with E-state index in [4.69, 9.17) is 24.1 Å². The molecule has 14 heteroatoms. The number of aryl methyl sites for hydroxylation is 1. The molecule has 7 aliphatic rings. The molecule has 7 saturated heterocycles. The van der Waals surface area contributed by atoms with E-state index < -0.39 is 0 Å². The highest BCUT2D eigenvalue weighted by Gasteiger charge is 2.31. The van der Waals surface area contributed by atoms with Crippen molar-refractivity contribution in [2.24, 2.45) is 5.90 Å². The average molecular weight is 1750 g/mol. The zero-order valence-electron chi connectivity index (χ0n) is 75.6. The highest BCUT2D eigenvalue weighted by Crippen LogP contribution is 2.36. The predicted molar refractivity (Wildman–Crippen MR) is 515 cm³/mol. The first-order chi connectivity index (χ1) is 57.5. The molecule has 7 heterocycles. The summed E-state index contributed by atoms with van der Waals surface area (Å²) < 4.78 is 1.32. The molecule has 4 N–H and O–H groups in total. The van der Waals surface area contributed by atoms with Gasteiger partial charge in [0.2, 0.25) is 0 Å². The Bertz CT molecular complexity index is 3950. The smallest absolute Gasteiger partial charge is 0.187 e. The Morgan fingerprint density at radius 2 is 0.639 bits per heavy atom. The molecule has 12 nitrogen and oxygen atoms in total. The summed E-state index contributed by atoms with van der Waals surface area (Å²) in [6.45, 7) is 54.9. The average Bonchev–Trinajstić information content (AvgIpc) is 0.859. The third-order valence-corrected chi connectivity index (χ3v) is 28.1. The molecular formula is C105H151ClIN11O. The van der Waals surface area contributed by atoms with Crippen LogP contribution in [0.25, 0.3) is 16.0 Å². The highest BCUT2D eigenvalue weighted by molar-refractivity contribution is 14.1. The molecule has 0 amide bonds. The first-order valence-electron chi connectivity index (χ1n) is 45.9. The van der Waals surface area contributed by atoms with Gasteiger partial charge in [-0.25, -0.2) is 10.7 Å². The van der Waals surface area contributed by atoms with Crippen molar-refractivity contribution in [1.82, 2.24) is 44.9 Å². The van der Waals surface area contributed by atoms with Crippen LogP contribution < -0.4 is 16.5 Å². The summed E-state index contributed by atoms with van der Waals surface area (Å²) in [6, 6.07) is 81.7. The van der Waals surface area contributed by atoms with Crippen LogP contribution in [0.5, 0.6) is 0 Å². The summed E-state index contributed by atoms with van der Waals surface area (Å²) in [5.74, 6) is 5.09. The van der Waals surface area contributed by atoms with Gasteiger partial charge in [0.25, 0.3) is 0 Å². The lowest BCUT2D eigenvalue weighted by Crippen LogP contribution is -2.50. The van der Waals surface area contributed by atoms with Gasteiger partial charge < -0.3 is 10.6 Å². The van der Waals surface area contributed by atoms with Gasteiger partial charge in [-0.2, -0.15) is 0 Å². The van der Waals surface area contributed by atoms with Gasteiger partial charge >= 0.3 is 0 Å². The molecular weight excluding hydrogens is 1590 g/mol. The van der Waals surface area contributed by atoms with Gasteiger partial charge in [-0.3, -0.25) is 39.1 Å². The number of nitrogens with two attached hydrogens (primary N) is 1. The van der Waals surface area contributed by atoms with Crippen molar-refractivity contribution in [1.29, 1.82) is 0 Å². The monoisotopic (exact) mass is 1740 g/mol. The second-order valence-corrected chi connectivity index (χ2v) is 37.1. The van der Waals surface area contributed by atoms with Crippen molar-refractivity contribution < 1.29 is 4.84 Å². The van der Waals surface area contributed by atoms with Gasteiger partial charge in [0.05, 0.1) is 13.2 Å². The minimum Gasteiger partial charge on any atom is -0.314 e. The number of likely N-dealkylation sites (tertiary alicyclic amines) is 5. The van der Waals surface area contributed by atoms with Gasteiger partial charge in [-0.1, -0.05) is 231 Å². The fraction of sp³-hybridized carbons (Fsp3) is 0.533. The topological polar surface area (TPSA) is 86.4 Å². The molecule has 0 spiro atoms. The van der Waals surface area contributed by atoms with Crippen LogP contribution in [0.15, 0.2) is 206 Å². The zero-order chi connectivity index (χ0) is 85.2. The molecule has 7 aliphatic heterocycles. The zero-order valence-corrected chi connectivity index (χ0v) is 78.5. The highest BCUT2D eigenvalue weighted by atomic mass is 127. The number of piperidine rings is 5. The van der Waals surface area contributed by atoms with E-state index in [9.17, 15) is 0 Å². The Morgan fingerprint density at radius 1 is 0.361 bits per heavy atom. The molecule has 0 aromatic heterocycles. The van der Waals surface area contributed by atoms with E-state index in [1.54, 1.807) is 0 Å². The van der Waals surface area contributed by atoms with Crippen LogP contribution in [0, 0.1) is 17.1 Å². The third-order valence-electron chi connectivity index (χ3n) is 27.1. The summed E-state index contributed by atoms with van der Waals surface area (Å²) in [6.07, 6.45) is 20.3. The van der Waals surface area contributed by atoms with Gasteiger partial charge in [-0.15, -0.1) is 0 Å².